The molecule has 0 aliphatic heterocycles. The lowest BCUT2D eigenvalue weighted by molar-refractivity contribution is 0.111. The first-order valence-corrected chi connectivity index (χ1v) is 10.4. The van der Waals surface area contributed by atoms with Gasteiger partial charge in [-0.15, -0.1) is 0 Å². The third-order valence-corrected chi connectivity index (χ3v) is 6.27. The lowest BCUT2D eigenvalue weighted by Gasteiger charge is -2.12. The van der Waals surface area contributed by atoms with Crippen LogP contribution in [0.2, 0.25) is 0 Å². The molecule has 0 aliphatic rings. The molecule has 154 valence electrons. The maximum Gasteiger partial charge on any atom is 0.264 e. The van der Waals surface area contributed by atoms with Crippen LogP contribution in [0.5, 0.6) is 5.88 Å². The lowest BCUT2D eigenvalue weighted by Crippen LogP contribution is -2.15. The summed E-state index contributed by atoms with van der Waals surface area (Å²) in [6.07, 6.45) is 3.45. The summed E-state index contributed by atoms with van der Waals surface area (Å²) in [6, 6.07) is 3.53. The Morgan fingerprint density at radius 3 is 2.73 bits per heavy atom. The Labute approximate surface area is 172 Å². The number of ether oxygens (including phenoxy) is 1. The molecule has 0 bridgehead atoms. The van der Waals surface area contributed by atoms with Gasteiger partial charge in [-0.3, -0.25) is 9.52 Å². The van der Waals surface area contributed by atoms with E-state index in [0.717, 1.165) is 23.5 Å². The van der Waals surface area contributed by atoms with E-state index < -0.39 is 26.6 Å². The van der Waals surface area contributed by atoms with Gasteiger partial charge in [0.2, 0.25) is 10.8 Å². The Hall–Kier alpha value is -3.45. The number of hydrogen-bond acceptors (Lipinski definition) is 8. The molecule has 0 aliphatic carbocycles. The predicted molar refractivity (Wildman–Crippen MR) is 103 cm³/mol. The summed E-state index contributed by atoms with van der Waals surface area (Å²) in [7, 11) is -3.11. The summed E-state index contributed by atoms with van der Waals surface area (Å²) >= 11 is 1.15. The summed E-state index contributed by atoms with van der Waals surface area (Å²) < 4.78 is 61.0. The van der Waals surface area contributed by atoms with Crippen molar-refractivity contribution in [3.8, 4) is 16.5 Å². The second-order valence-corrected chi connectivity index (χ2v) is 8.49. The van der Waals surface area contributed by atoms with Gasteiger partial charge in [-0.05, 0) is 18.2 Å². The standard InChI is InChI=1S/C17H11F2N5O4S2/c1-28-15-13(23-30(26,27)14-3-2-10(18)5-12(14)19)4-9(6-20-15)16-22-24-7-11(8-25)21-17(24)29-16/h2-8,23H,1H3. The summed E-state index contributed by atoms with van der Waals surface area (Å²) in [5, 5.41) is 4.72. The third kappa shape index (κ3) is 3.59. The van der Waals surface area contributed by atoms with Gasteiger partial charge in [0.15, 0.2) is 6.29 Å². The van der Waals surface area contributed by atoms with Gasteiger partial charge in [0, 0.05) is 17.8 Å². The highest BCUT2D eigenvalue weighted by atomic mass is 32.2. The second-order valence-electron chi connectivity index (χ2n) is 5.88. The van der Waals surface area contributed by atoms with Crippen LogP contribution in [0.15, 0.2) is 41.6 Å². The number of aldehydes is 1. The van der Waals surface area contributed by atoms with Crippen molar-refractivity contribution in [2.75, 3.05) is 11.8 Å². The molecule has 0 unspecified atom stereocenters. The van der Waals surface area contributed by atoms with E-state index in [1.54, 1.807) is 0 Å². The van der Waals surface area contributed by atoms with Crippen LogP contribution in [0, 0.1) is 11.6 Å². The average molecular weight is 451 g/mol. The number of pyridine rings is 1. The average Bonchev–Trinajstić information content (AvgIpc) is 3.26. The minimum Gasteiger partial charge on any atom is -0.480 e. The van der Waals surface area contributed by atoms with Gasteiger partial charge in [-0.2, -0.15) is 5.10 Å². The fourth-order valence-corrected chi connectivity index (χ4v) is 4.57. The van der Waals surface area contributed by atoms with Gasteiger partial charge in [0.1, 0.15) is 32.9 Å². The van der Waals surface area contributed by atoms with Crippen molar-refractivity contribution < 1.29 is 26.7 Å². The van der Waals surface area contributed by atoms with Gasteiger partial charge >= 0.3 is 0 Å². The molecule has 0 radical (unpaired) electrons. The largest absolute Gasteiger partial charge is 0.480 e. The fraction of sp³-hybridized carbons (Fsp3) is 0.0588. The lowest BCUT2D eigenvalue weighted by atomic mass is 10.3. The van der Waals surface area contributed by atoms with Crippen molar-refractivity contribution in [1.29, 1.82) is 0 Å². The summed E-state index contributed by atoms with van der Waals surface area (Å²) in [6.45, 7) is 0. The number of sulfonamides is 1. The number of nitrogens with one attached hydrogen (secondary N) is 1. The molecular formula is C17H11F2N5O4S2. The zero-order valence-corrected chi connectivity index (χ0v) is 16.7. The number of carbonyl (C=O) groups excluding carboxylic acids is 1. The first-order chi connectivity index (χ1) is 14.3. The Kier molecular flexibility index (Phi) is 4.91. The number of hydrogen-bond donors (Lipinski definition) is 1. The molecule has 1 N–H and O–H groups in total. The molecule has 0 spiro atoms. The minimum absolute atomic E-state index is 0.0607. The number of methoxy groups -OCH3 is 1. The van der Waals surface area contributed by atoms with Crippen molar-refractivity contribution in [2.24, 2.45) is 0 Å². The molecule has 0 fully saturated rings. The number of imidazole rings is 1. The van der Waals surface area contributed by atoms with E-state index in [-0.39, 0.29) is 17.3 Å². The minimum atomic E-state index is -4.40. The van der Waals surface area contributed by atoms with Crippen LogP contribution >= 0.6 is 11.3 Å². The highest BCUT2D eigenvalue weighted by Gasteiger charge is 2.22. The summed E-state index contributed by atoms with van der Waals surface area (Å²) in [5.41, 5.74) is 0.583. The zero-order valence-electron chi connectivity index (χ0n) is 15.0. The molecule has 4 aromatic rings. The maximum absolute atomic E-state index is 14.0. The van der Waals surface area contributed by atoms with Crippen LogP contribution in [-0.4, -0.2) is 41.4 Å². The van der Waals surface area contributed by atoms with E-state index in [1.165, 1.54) is 30.1 Å². The Balaban J connectivity index is 1.73. The van der Waals surface area contributed by atoms with Gasteiger partial charge < -0.3 is 4.74 Å². The van der Waals surface area contributed by atoms with E-state index in [4.69, 9.17) is 4.74 Å². The summed E-state index contributed by atoms with van der Waals surface area (Å²) in [5.74, 6) is -2.20. The smallest absolute Gasteiger partial charge is 0.264 e. The Bertz CT molecular complexity index is 1350. The monoisotopic (exact) mass is 451 g/mol. The van der Waals surface area contributed by atoms with Crippen molar-refractivity contribution in [3.05, 3.63) is 54.0 Å². The van der Waals surface area contributed by atoms with Gasteiger partial charge in [-0.25, -0.2) is 31.7 Å². The predicted octanol–water partition coefficient (Wildman–Crippen LogP) is 2.75. The third-order valence-electron chi connectivity index (χ3n) is 3.90. The van der Waals surface area contributed by atoms with E-state index >= 15 is 0 Å². The van der Waals surface area contributed by atoms with Gasteiger partial charge in [-0.1, -0.05) is 11.3 Å². The van der Waals surface area contributed by atoms with Crippen LogP contribution in [0.4, 0.5) is 14.5 Å². The molecule has 1 aromatic carbocycles. The van der Waals surface area contributed by atoms with E-state index in [0.29, 0.717) is 27.9 Å². The molecule has 9 nitrogen and oxygen atoms in total. The topological polar surface area (TPSA) is 116 Å². The molecule has 3 heterocycles. The first kappa shape index (κ1) is 19.8. The van der Waals surface area contributed by atoms with Gasteiger partial charge in [0.25, 0.3) is 10.0 Å². The molecule has 30 heavy (non-hydrogen) atoms. The van der Waals surface area contributed by atoms with Crippen LogP contribution in [-0.2, 0) is 10.0 Å². The molecule has 13 heteroatoms. The molecule has 0 atom stereocenters. The van der Waals surface area contributed by atoms with Crippen molar-refractivity contribution in [1.82, 2.24) is 19.6 Å². The van der Waals surface area contributed by atoms with E-state index in [2.05, 4.69) is 19.8 Å². The second kappa shape index (κ2) is 7.42. The molecule has 0 amide bonds. The number of aromatic nitrogens is 4. The number of benzene rings is 1. The fourth-order valence-electron chi connectivity index (χ4n) is 2.59. The Morgan fingerprint density at radius 1 is 1.27 bits per heavy atom. The number of fused-ring (bicyclic) bond motifs is 1. The summed E-state index contributed by atoms with van der Waals surface area (Å²) in [4.78, 5) is 18.7. The zero-order chi connectivity index (χ0) is 21.5. The van der Waals surface area contributed by atoms with Crippen molar-refractivity contribution in [2.45, 2.75) is 4.90 Å². The molecule has 0 saturated heterocycles. The number of carbonyl (C=O) groups is 1. The highest BCUT2D eigenvalue weighted by Crippen LogP contribution is 2.32. The number of nitrogens with zero attached hydrogens (tertiary/aromatic N) is 4. The van der Waals surface area contributed by atoms with Crippen LogP contribution in [0.1, 0.15) is 10.5 Å². The Morgan fingerprint density at radius 2 is 2.07 bits per heavy atom. The maximum atomic E-state index is 14.0. The highest BCUT2D eigenvalue weighted by molar-refractivity contribution is 7.92. The van der Waals surface area contributed by atoms with Crippen molar-refractivity contribution >= 4 is 38.3 Å². The number of halogens is 2. The molecular weight excluding hydrogens is 440 g/mol. The first-order valence-electron chi connectivity index (χ1n) is 8.14. The number of anilines is 1. The quantitative estimate of drug-likeness (QED) is 0.448. The van der Waals surface area contributed by atoms with E-state index in [1.807, 2.05) is 0 Å². The van der Waals surface area contributed by atoms with Crippen LogP contribution < -0.4 is 9.46 Å². The van der Waals surface area contributed by atoms with Gasteiger partial charge in [0.05, 0.1) is 13.3 Å². The molecule has 4 rings (SSSR count). The normalized spacial score (nSPS) is 11.6. The molecule has 0 saturated carbocycles. The van der Waals surface area contributed by atoms with Crippen LogP contribution in [0.25, 0.3) is 15.5 Å². The number of rotatable bonds is 6. The SMILES string of the molecule is COc1ncc(-c2nn3cc(C=O)nc3s2)cc1NS(=O)(=O)c1ccc(F)cc1F. The van der Waals surface area contributed by atoms with Crippen LogP contribution in [0.3, 0.4) is 0 Å². The van der Waals surface area contributed by atoms with Crippen molar-refractivity contribution in [3.63, 3.8) is 0 Å². The van der Waals surface area contributed by atoms with E-state index in [9.17, 15) is 22.0 Å². The molecule has 3 aromatic heterocycles.